The van der Waals surface area contributed by atoms with Gasteiger partial charge in [-0.15, -0.1) is 0 Å². The van der Waals surface area contributed by atoms with Crippen molar-refractivity contribution in [3.8, 4) is 6.07 Å². The Morgan fingerprint density at radius 2 is 1.79 bits per heavy atom. The first-order chi connectivity index (χ1) is 11.7. The molecule has 0 aromatic heterocycles. The molecule has 3 aromatic carbocycles. The molecule has 0 aliphatic rings. The fourth-order valence-corrected chi connectivity index (χ4v) is 2.89. The predicted molar refractivity (Wildman–Crippen MR) is 93.6 cm³/mol. The Morgan fingerprint density at radius 1 is 1.04 bits per heavy atom. The van der Waals surface area contributed by atoms with Crippen molar-refractivity contribution in [2.24, 2.45) is 0 Å². The molecule has 0 radical (unpaired) electrons. The van der Waals surface area contributed by atoms with E-state index in [2.05, 4.69) is 6.07 Å². The number of methoxy groups -OCH3 is 1. The third kappa shape index (κ3) is 3.28. The van der Waals surface area contributed by atoms with Crippen LogP contribution in [0.2, 0.25) is 0 Å². The van der Waals surface area contributed by atoms with Gasteiger partial charge in [-0.3, -0.25) is 4.79 Å². The van der Waals surface area contributed by atoms with Gasteiger partial charge in [-0.25, -0.2) is 0 Å². The lowest BCUT2D eigenvalue weighted by molar-refractivity contribution is -0.142. The highest BCUT2D eigenvalue weighted by Gasteiger charge is 2.21. The molecule has 1 unspecified atom stereocenters. The molecule has 0 aliphatic heterocycles. The van der Waals surface area contributed by atoms with Crippen LogP contribution in [0.3, 0.4) is 0 Å². The summed E-state index contributed by atoms with van der Waals surface area (Å²) in [4.78, 5) is 12.2. The fourth-order valence-electron chi connectivity index (χ4n) is 2.89. The summed E-state index contributed by atoms with van der Waals surface area (Å²) in [5.74, 6) is -0.583. The Kier molecular flexibility index (Phi) is 4.58. The van der Waals surface area contributed by atoms with Gasteiger partial charge < -0.3 is 4.74 Å². The Morgan fingerprint density at radius 3 is 2.50 bits per heavy atom. The summed E-state index contributed by atoms with van der Waals surface area (Å²) in [5, 5.41) is 11.1. The van der Waals surface area contributed by atoms with Gasteiger partial charge in [-0.2, -0.15) is 5.26 Å². The van der Waals surface area contributed by atoms with Gasteiger partial charge in [-0.05, 0) is 40.5 Å². The molecule has 0 bridgehead atoms. The third-order valence-corrected chi connectivity index (χ3v) is 4.16. The molecule has 3 rings (SSSR count). The molecule has 0 heterocycles. The molecule has 1 atom stereocenters. The van der Waals surface area contributed by atoms with E-state index in [-0.39, 0.29) is 11.9 Å². The highest BCUT2D eigenvalue weighted by molar-refractivity contribution is 5.85. The lowest BCUT2D eigenvalue weighted by Gasteiger charge is -2.15. The molecule has 0 N–H and O–H groups in total. The number of esters is 1. The van der Waals surface area contributed by atoms with Gasteiger partial charge in [0.2, 0.25) is 0 Å². The van der Waals surface area contributed by atoms with Crippen LogP contribution in [-0.4, -0.2) is 13.1 Å². The second kappa shape index (κ2) is 6.97. The fraction of sp³-hybridized carbons (Fsp3) is 0.143. The minimum absolute atomic E-state index is 0.243. The highest BCUT2D eigenvalue weighted by Crippen LogP contribution is 2.25. The molecule has 0 fully saturated rings. The van der Waals surface area contributed by atoms with Gasteiger partial charge in [0.15, 0.2) is 0 Å². The summed E-state index contributed by atoms with van der Waals surface area (Å²) < 4.78 is 4.98. The highest BCUT2D eigenvalue weighted by atomic mass is 16.5. The topological polar surface area (TPSA) is 50.1 Å². The number of carbonyl (C=O) groups is 1. The molecule has 3 aromatic rings. The molecule has 0 spiro atoms. The van der Waals surface area contributed by atoms with Crippen molar-refractivity contribution in [1.82, 2.24) is 0 Å². The third-order valence-electron chi connectivity index (χ3n) is 4.16. The number of nitriles is 1. The Hall–Kier alpha value is -3.12. The molecule has 24 heavy (non-hydrogen) atoms. The van der Waals surface area contributed by atoms with Gasteiger partial charge in [0, 0.05) is 0 Å². The first-order valence-corrected chi connectivity index (χ1v) is 7.77. The van der Waals surface area contributed by atoms with E-state index >= 15 is 0 Å². The van der Waals surface area contributed by atoms with E-state index in [1.54, 1.807) is 0 Å². The van der Waals surface area contributed by atoms with Crippen LogP contribution >= 0.6 is 0 Å². The summed E-state index contributed by atoms with van der Waals surface area (Å²) in [6.45, 7) is 0. The monoisotopic (exact) mass is 315 g/mol. The molecule has 3 nitrogen and oxygen atoms in total. The molecular weight excluding hydrogens is 298 g/mol. The number of rotatable bonds is 4. The quantitative estimate of drug-likeness (QED) is 0.678. The van der Waals surface area contributed by atoms with Crippen molar-refractivity contribution in [2.45, 2.75) is 12.3 Å². The minimum atomic E-state index is -0.340. The van der Waals surface area contributed by atoms with E-state index in [0.29, 0.717) is 12.0 Å². The van der Waals surface area contributed by atoms with Gasteiger partial charge in [-0.1, -0.05) is 54.6 Å². The zero-order chi connectivity index (χ0) is 16.9. The summed E-state index contributed by atoms with van der Waals surface area (Å²) >= 11 is 0. The Labute approximate surface area is 141 Å². The van der Waals surface area contributed by atoms with E-state index in [0.717, 1.165) is 21.9 Å². The first-order valence-electron chi connectivity index (χ1n) is 7.77. The molecule has 0 amide bonds. The molecule has 0 saturated carbocycles. The molecule has 3 heteroatoms. The summed E-state index contributed by atoms with van der Waals surface area (Å²) in [7, 11) is 1.41. The standard InChI is InChI=1S/C21H17NO2/c1-24-21(23)20(18-5-3-2-4-6-18)13-15-7-9-17-10-8-16(14-22)12-19(17)11-15/h2-12,20H,13H2,1H3. The maximum atomic E-state index is 12.2. The van der Waals surface area contributed by atoms with Crippen molar-refractivity contribution in [2.75, 3.05) is 7.11 Å². The number of ether oxygens (including phenoxy) is 1. The van der Waals surface area contributed by atoms with Crippen molar-refractivity contribution in [3.63, 3.8) is 0 Å². The van der Waals surface area contributed by atoms with Crippen molar-refractivity contribution in [1.29, 1.82) is 5.26 Å². The smallest absolute Gasteiger partial charge is 0.313 e. The van der Waals surface area contributed by atoms with Crippen molar-refractivity contribution < 1.29 is 9.53 Å². The average Bonchev–Trinajstić information content (AvgIpc) is 2.65. The predicted octanol–water partition coefficient (Wildman–Crippen LogP) is 4.21. The zero-order valence-electron chi connectivity index (χ0n) is 13.4. The van der Waals surface area contributed by atoms with Crippen LogP contribution in [0.5, 0.6) is 0 Å². The van der Waals surface area contributed by atoms with Gasteiger partial charge in [0.25, 0.3) is 0 Å². The van der Waals surface area contributed by atoms with E-state index in [1.807, 2.05) is 66.7 Å². The molecule has 0 aliphatic carbocycles. The largest absolute Gasteiger partial charge is 0.469 e. The number of carbonyl (C=O) groups excluding carboxylic acids is 1. The normalized spacial score (nSPS) is 11.7. The maximum Gasteiger partial charge on any atom is 0.313 e. The van der Waals surface area contributed by atoms with Crippen LogP contribution < -0.4 is 0 Å². The SMILES string of the molecule is COC(=O)C(Cc1ccc2ccc(C#N)cc2c1)c1ccccc1. The van der Waals surface area contributed by atoms with E-state index < -0.39 is 0 Å². The van der Waals surface area contributed by atoms with Gasteiger partial charge in [0.05, 0.1) is 24.7 Å². The summed E-state index contributed by atoms with van der Waals surface area (Å²) in [6.07, 6.45) is 0.559. The molecule has 118 valence electrons. The number of hydrogen-bond donors (Lipinski definition) is 0. The van der Waals surface area contributed by atoms with Crippen LogP contribution in [0.25, 0.3) is 10.8 Å². The first kappa shape index (κ1) is 15.8. The number of hydrogen-bond acceptors (Lipinski definition) is 3. The van der Waals surface area contributed by atoms with Crippen LogP contribution in [0.1, 0.15) is 22.6 Å². The van der Waals surface area contributed by atoms with Crippen LogP contribution in [0, 0.1) is 11.3 Å². The van der Waals surface area contributed by atoms with Crippen LogP contribution in [0.15, 0.2) is 66.7 Å². The van der Waals surface area contributed by atoms with Crippen molar-refractivity contribution >= 4 is 16.7 Å². The van der Waals surface area contributed by atoms with Crippen molar-refractivity contribution in [3.05, 3.63) is 83.4 Å². The number of fused-ring (bicyclic) bond motifs is 1. The number of nitrogens with zero attached hydrogens (tertiary/aromatic N) is 1. The average molecular weight is 315 g/mol. The summed E-state index contributed by atoms with van der Waals surface area (Å²) in [6, 6.07) is 23.5. The van der Waals surface area contributed by atoms with Gasteiger partial charge >= 0.3 is 5.97 Å². The van der Waals surface area contributed by atoms with E-state index in [1.165, 1.54) is 7.11 Å². The Bertz CT molecular complexity index is 910. The minimum Gasteiger partial charge on any atom is -0.469 e. The zero-order valence-corrected chi connectivity index (χ0v) is 13.4. The lowest BCUT2D eigenvalue weighted by Crippen LogP contribution is -2.16. The van der Waals surface area contributed by atoms with Gasteiger partial charge in [0.1, 0.15) is 0 Å². The van der Waals surface area contributed by atoms with Crippen LogP contribution in [0.4, 0.5) is 0 Å². The molecule has 0 saturated heterocycles. The summed E-state index contributed by atoms with van der Waals surface area (Å²) in [5.41, 5.74) is 2.61. The second-order valence-electron chi connectivity index (χ2n) is 5.70. The second-order valence-corrected chi connectivity index (χ2v) is 5.70. The van der Waals surface area contributed by atoms with E-state index in [4.69, 9.17) is 10.00 Å². The maximum absolute atomic E-state index is 12.2. The molecular formula is C21H17NO2. The van der Waals surface area contributed by atoms with Crippen LogP contribution in [-0.2, 0) is 16.0 Å². The Balaban J connectivity index is 1.96. The number of benzene rings is 3. The lowest BCUT2D eigenvalue weighted by atomic mass is 9.91. The van der Waals surface area contributed by atoms with E-state index in [9.17, 15) is 4.79 Å².